The molecule has 0 fully saturated rings. The Hall–Kier alpha value is -1.15. The van der Waals surface area contributed by atoms with E-state index in [1.54, 1.807) is 7.05 Å². The lowest BCUT2D eigenvalue weighted by Gasteiger charge is -1.99. The van der Waals surface area contributed by atoms with Gasteiger partial charge in [0.05, 0.1) is 12.3 Å². The van der Waals surface area contributed by atoms with Crippen LogP contribution in [0.25, 0.3) is 0 Å². The molecule has 1 aromatic rings. The van der Waals surface area contributed by atoms with Crippen LogP contribution in [0.3, 0.4) is 0 Å². The van der Waals surface area contributed by atoms with Gasteiger partial charge in [-0.15, -0.1) is 0 Å². The molecule has 1 rings (SSSR count). The number of hydrogen-bond acceptors (Lipinski definition) is 2. The van der Waals surface area contributed by atoms with Crippen molar-refractivity contribution in [2.75, 3.05) is 13.7 Å². The van der Waals surface area contributed by atoms with Crippen LogP contribution in [0.1, 0.15) is 5.56 Å². The smallest absolute Gasteiger partial charge is 0.0854 e. The molecule has 1 N–H and O–H groups in total. The van der Waals surface area contributed by atoms with Crippen LogP contribution in [0.4, 0.5) is 0 Å². The van der Waals surface area contributed by atoms with E-state index in [1.165, 1.54) is 0 Å². The highest BCUT2D eigenvalue weighted by atomic mass is 16.3. The van der Waals surface area contributed by atoms with E-state index in [2.05, 4.69) is 4.99 Å². The van der Waals surface area contributed by atoms with E-state index >= 15 is 0 Å². The lowest BCUT2D eigenvalue weighted by atomic mass is 10.1. The van der Waals surface area contributed by atoms with Gasteiger partial charge < -0.3 is 5.11 Å². The van der Waals surface area contributed by atoms with Crippen LogP contribution < -0.4 is 0 Å². The number of aliphatic hydroxyl groups excluding tert-OH is 1. The van der Waals surface area contributed by atoms with Crippen LogP contribution in [0.5, 0.6) is 0 Å². The van der Waals surface area contributed by atoms with Crippen molar-refractivity contribution in [2.45, 2.75) is 0 Å². The van der Waals surface area contributed by atoms with Gasteiger partial charge in [-0.25, -0.2) is 0 Å². The lowest BCUT2D eigenvalue weighted by Crippen LogP contribution is -2.05. The van der Waals surface area contributed by atoms with Gasteiger partial charge in [0.1, 0.15) is 0 Å². The van der Waals surface area contributed by atoms with Gasteiger partial charge in [-0.3, -0.25) is 4.99 Å². The highest BCUT2D eigenvalue weighted by Gasteiger charge is 1.97. The number of hydrogen-bond donors (Lipinski definition) is 1. The Kier molecular flexibility index (Phi) is 2.81. The van der Waals surface area contributed by atoms with Gasteiger partial charge in [-0.1, -0.05) is 30.3 Å². The molecule has 2 nitrogen and oxygen atoms in total. The van der Waals surface area contributed by atoms with Crippen LogP contribution in [-0.4, -0.2) is 24.5 Å². The maximum atomic E-state index is 8.85. The molecular weight excluding hydrogens is 138 g/mol. The third-order valence-electron chi connectivity index (χ3n) is 1.53. The molecule has 1 aromatic carbocycles. The average molecular weight is 149 g/mol. The third-order valence-corrected chi connectivity index (χ3v) is 1.53. The molecule has 0 spiro atoms. The topological polar surface area (TPSA) is 32.6 Å². The lowest BCUT2D eigenvalue weighted by molar-refractivity contribution is 0.358. The Morgan fingerprint density at radius 3 is 2.45 bits per heavy atom. The van der Waals surface area contributed by atoms with E-state index in [4.69, 9.17) is 5.11 Å². The summed E-state index contributed by atoms with van der Waals surface area (Å²) in [6.07, 6.45) is 0. The molecular formula is C9H11NO. The first-order valence-corrected chi connectivity index (χ1v) is 3.50. The molecule has 0 amide bonds. The summed E-state index contributed by atoms with van der Waals surface area (Å²) in [5.74, 6) is 0. The van der Waals surface area contributed by atoms with Crippen molar-refractivity contribution in [3.63, 3.8) is 0 Å². The zero-order valence-electron chi connectivity index (χ0n) is 6.49. The van der Waals surface area contributed by atoms with Crippen LogP contribution in [0.2, 0.25) is 0 Å². The van der Waals surface area contributed by atoms with Gasteiger partial charge in [0.25, 0.3) is 0 Å². The quantitative estimate of drug-likeness (QED) is 0.627. The summed E-state index contributed by atoms with van der Waals surface area (Å²) in [6.45, 7) is 0.000509. The fraction of sp³-hybridized carbons (Fsp3) is 0.222. The highest BCUT2D eigenvalue weighted by Crippen LogP contribution is 1.99. The van der Waals surface area contributed by atoms with Gasteiger partial charge in [-0.05, 0) is 5.56 Å². The van der Waals surface area contributed by atoms with E-state index in [9.17, 15) is 0 Å². The van der Waals surface area contributed by atoms with Crippen LogP contribution in [0.15, 0.2) is 35.3 Å². The minimum absolute atomic E-state index is 0.000509. The van der Waals surface area contributed by atoms with E-state index < -0.39 is 0 Å². The normalized spacial score (nSPS) is 11.6. The number of nitrogens with zero attached hydrogens (tertiary/aromatic N) is 1. The maximum absolute atomic E-state index is 8.85. The molecule has 0 aliphatic carbocycles. The molecule has 58 valence electrons. The zero-order chi connectivity index (χ0) is 8.10. The van der Waals surface area contributed by atoms with E-state index in [1.807, 2.05) is 30.3 Å². The van der Waals surface area contributed by atoms with Gasteiger partial charge in [0, 0.05) is 7.05 Å². The summed E-state index contributed by atoms with van der Waals surface area (Å²) in [6, 6.07) is 9.65. The minimum atomic E-state index is 0.000509. The number of benzene rings is 1. The second-order valence-corrected chi connectivity index (χ2v) is 2.19. The number of rotatable bonds is 2. The fourth-order valence-corrected chi connectivity index (χ4v) is 0.922. The monoisotopic (exact) mass is 149 g/mol. The predicted molar refractivity (Wildman–Crippen MR) is 46.0 cm³/mol. The Morgan fingerprint density at radius 1 is 1.36 bits per heavy atom. The second-order valence-electron chi connectivity index (χ2n) is 2.19. The largest absolute Gasteiger partial charge is 0.390 e. The second kappa shape index (κ2) is 3.88. The van der Waals surface area contributed by atoms with Crippen LogP contribution in [0, 0.1) is 0 Å². The molecule has 0 atom stereocenters. The van der Waals surface area contributed by atoms with Crippen LogP contribution >= 0.6 is 0 Å². The summed E-state index contributed by atoms with van der Waals surface area (Å²) in [5.41, 5.74) is 1.71. The molecule has 11 heavy (non-hydrogen) atoms. The molecule has 0 saturated carbocycles. The molecule has 0 radical (unpaired) electrons. The molecule has 0 aliphatic heterocycles. The molecule has 2 heteroatoms. The Bertz CT molecular complexity index is 241. The van der Waals surface area contributed by atoms with Crippen molar-refractivity contribution >= 4 is 5.71 Å². The molecule has 0 heterocycles. The molecule has 0 aromatic heterocycles. The van der Waals surface area contributed by atoms with Gasteiger partial charge in [0.2, 0.25) is 0 Å². The van der Waals surface area contributed by atoms with Crippen molar-refractivity contribution in [2.24, 2.45) is 4.99 Å². The first-order chi connectivity index (χ1) is 5.38. The maximum Gasteiger partial charge on any atom is 0.0854 e. The SMILES string of the molecule is CN=C(CO)c1ccccc1. The van der Waals surface area contributed by atoms with E-state index in [0.717, 1.165) is 11.3 Å². The summed E-state index contributed by atoms with van der Waals surface area (Å²) in [5, 5.41) is 8.85. The number of aliphatic imine (C=N–C) groups is 1. The van der Waals surface area contributed by atoms with Gasteiger partial charge >= 0.3 is 0 Å². The van der Waals surface area contributed by atoms with Crippen LogP contribution in [-0.2, 0) is 0 Å². The van der Waals surface area contributed by atoms with Crippen molar-refractivity contribution in [3.8, 4) is 0 Å². The molecule has 0 unspecified atom stereocenters. The first-order valence-electron chi connectivity index (χ1n) is 3.50. The Labute approximate surface area is 66.2 Å². The predicted octanol–water partition coefficient (Wildman–Crippen LogP) is 1.10. The van der Waals surface area contributed by atoms with Gasteiger partial charge in [-0.2, -0.15) is 0 Å². The molecule has 0 aliphatic rings. The Balaban J connectivity index is 2.92. The molecule has 0 bridgehead atoms. The summed E-state index contributed by atoms with van der Waals surface area (Å²) in [7, 11) is 1.68. The summed E-state index contributed by atoms with van der Waals surface area (Å²) < 4.78 is 0. The van der Waals surface area contributed by atoms with Crippen molar-refractivity contribution in [1.82, 2.24) is 0 Å². The minimum Gasteiger partial charge on any atom is -0.390 e. The average Bonchev–Trinajstić information content (AvgIpc) is 2.09. The fourth-order valence-electron chi connectivity index (χ4n) is 0.922. The van der Waals surface area contributed by atoms with Crippen molar-refractivity contribution in [1.29, 1.82) is 0 Å². The van der Waals surface area contributed by atoms with Crippen molar-refractivity contribution < 1.29 is 5.11 Å². The third kappa shape index (κ3) is 1.88. The van der Waals surface area contributed by atoms with Crippen molar-refractivity contribution in [3.05, 3.63) is 35.9 Å². The van der Waals surface area contributed by atoms with E-state index in [0.29, 0.717) is 0 Å². The van der Waals surface area contributed by atoms with Gasteiger partial charge in [0.15, 0.2) is 0 Å². The standard InChI is InChI=1S/C9H11NO/c1-10-9(7-11)8-5-3-2-4-6-8/h2-6,11H,7H2,1H3. The van der Waals surface area contributed by atoms with E-state index in [-0.39, 0.29) is 6.61 Å². The number of aliphatic hydroxyl groups is 1. The zero-order valence-corrected chi connectivity index (χ0v) is 6.49. The Morgan fingerprint density at radius 2 is 2.00 bits per heavy atom. The first kappa shape index (κ1) is 7.95. The molecule has 0 saturated heterocycles. The summed E-state index contributed by atoms with van der Waals surface area (Å²) in [4.78, 5) is 3.94. The summed E-state index contributed by atoms with van der Waals surface area (Å²) >= 11 is 0. The highest BCUT2D eigenvalue weighted by molar-refractivity contribution is 6.01.